The molecular weight excluding hydrogens is 162 g/mol. The summed E-state index contributed by atoms with van der Waals surface area (Å²) in [5.74, 6) is 1.24. The van der Waals surface area contributed by atoms with Gasteiger partial charge in [0, 0.05) is 25.0 Å². The molecule has 0 atom stereocenters. The predicted octanol–water partition coefficient (Wildman–Crippen LogP) is 1.04. The summed E-state index contributed by atoms with van der Waals surface area (Å²) in [5, 5.41) is 3.53. The van der Waals surface area contributed by atoms with Crippen molar-refractivity contribution in [1.82, 2.24) is 5.32 Å². The molecule has 0 aromatic heterocycles. The third-order valence-corrected chi connectivity index (χ3v) is 3.02. The number of amidine groups is 1. The van der Waals surface area contributed by atoms with E-state index in [1.807, 2.05) is 0 Å². The van der Waals surface area contributed by atoms with Crippen molar-refractivity contribution in [3.8, 4) is 0 Å². The third-order valence-electron chi connectivity index (χ3n) is 3.02. The molecule has 1 fully saturated rings. The van der Waals surface area contributed by atoms with Crippen LogP contribution in [0.15, 0.2) is 4.99 Å². The minimum absolute atomic E-state index is 0.448. The van der Waals surface area contributed by atoms with E-state index in [4.69, 9.17) is 5.73 Å². The average Bonchev–Trinajstić information content (AvgIpc) is 2.62. The second kappa shape index (κ2) is 4.09. The van der Waals surface area contributed by atoms with E-state index >= 15 is 0 Å². The molecule has 2 aliphatic rings. The molecule has 1 saturated carbocycles. The van der Waals surface area contributed by atoms with Crippen molar-refractivity contribution in [2.75, 3.05) is 6.54 Å². The van der Waals surface area contributed by atoms with Crippen LogP contribution < -0.4 is 11.1 Å². The highest BCUT2D eigenvalue weighted by Gasteiger charge is 2.19. The van der Waals surface area contributed by atoms with Gasteiger partial charge < -0.3 is 11.1 Å². The third kappa shape index (κ3) is 2.44. The Hall–Kier alpha value is -0.570. The zero-order valence-electron chi connectivity index (χ0n) is 8.13. The minimum Gasteiger partial charge on any atom is -0.371 e. The van der Waals surface area contributed by atoms with Gasteiger partial charge >= 0.3 is 0 Å². The first kappa shape index (κ1) is 9.00. The second-order valence-corrected chi connectivity index (χ2v) is 4.19. The van der Waals surface area contributed by atoms with Crippen molar-refractivity contribution in [1.29, 1.82) is 0 Å². The van der Waals surface area contributed by atoms with Crippen molar-refractivity contribution in [3.63, 3.8) is 0 Å². The molecule has 1 aliphatic carbocycles. The Balaban J connectivity index is 1.75. The monoisotopic (exact) mass is 181 g/mol. The van der Waals surface area contributed by atoms with E-state index in [0.29, 0.717) is 12.1 Å². The van der Waals surface area contributed by atoms with Crippen molar-refractivity contribution < 1.29 is 0 Å². The summed E-state index contributed by atoms with van der Waals surface area (Å²) in [6, 6.07) is 1.10. The van der Waals surface area contributed by atoms with Crippen LogP contribution in [0.2, 0.25) is 0 Å². The van der Waals surface area contributed by atoms with Gasteiger partial charge in [-0.2, -0.15) is 0 Å². The molecule has 0 aromatic rings. The highest BCUT2D eigenvalue weighted by molar-refractivity contribution is 5.83. The van der Waals surface area contributed by atoms with Gasteiger partial charge in [0.1, 0.15) is 0 Å². The lowest BCUT2D eigenvalue weighted by atomic mass is 9.92. The zero-order chi connectivity index (χ0) is 9.10. The molecule has 1 aliphatic heterocycles. The standard InChI is InChI=1S/C10H19N3/c11-8-3-5-9(6-4-8)13-10-2-1-7-12-10/h8-9H,1-7,11H2,(H,12,13)/t8-,9-. The van der Waals surface area contributed by atoms with Crippen LogP contribution in [0.25, 0.3) is 0 Å². The van der Waals surface area contributed by atoms with Crippen LogP contribution in [0.4, 0.5) is 0 Å². The average molecular weight is 181 g/mol. The summed E-state index contributed by atoms with van der Waals surface area (Å²) >= 11 is 0. The van der Waals surface area contributed by atoms with Crippen LogP contribution in [0.1, 0.15) is 38.5 Å². The molecule has 13 heavy (non-hydrogen) atoms. The molecule has 0 spiro atoms. The SMILES string of the molecule is N[C@H]1CC[C@H](NC2=NCCC2)CC1. The fourth-order valence-electron chi connectivity index (χ4n) is 2.16. The van der Waals surface area contributed by atoms with Crippen LogP contribution in [0.3, 0.4) is 0 Å². The van der Waals surface area contributed by atoms with Crippen LogP contribution in [0.5, 0.6) is 0 Å². The van der Waals surface area contributed by atoms with E-state index in [1.165, 1.54) is 37.9 Å². The maximum absolute atomic E-state index is 5.85. The number of hydrogen-bond acceptors (Lipinski definition) is 3. The molecule has 74 valence electrons. The molecule has 0 saturated heterocycles. The summed E-state index contributed by atoms with van der Waals surface area (Å²) in [7, 11) is 0. The minimum atomic E-state index is 0.448. The van der Waals surface area contributed by atoms with Gasteiger partial charge in [0.05, 0.1) is 5.84 Å². The van der Waals surface area contributed by atoms with E-state index < -0.39 is 0 Å². The Bertz CT molecular complexity index is 192. The number of rotatable bonds is 1. The summed E-state index contributed by atoms with van der Waals surface area (Å²) in [6.45, 7) is 1.02. The molecule has 0 radical (unpaired) electrons. The second-order valence-electron chi connectivity index (χ2n) is 4.19. The number of nitrogens with one attached hydrogen (secondary N) is 1. The fourth-order valence-corrected chi connectivity index (χ4v) is 2.16. The molecule has 0 amide bonds. The first-order valence-electron chi connectivity index (χ1n) is 5.40. The van der Waals surface area contributed by atoms with E-state index in [1.54, 1.807) is 0 Å². The maximum atomic E-state index is 5.85. The van der Waals surface area contributed by atoms with Crippen molar-refractivity contribution >= 4 is 5.84 Å². The van der Waals surface area contributed by atoms with Crippen molar-refractivity contribution in [3.05, 3.63) is 0 Å². The molecule has 0 bridgehead atoms. The van der Waals surface area contributed by atoms with Gasteiger partial charge in [0.15, 0.2) is 0 Å². The Labute approximate surface area is 79.8 Å². The van der Waals surface area contributed by atoms with Gasteiger partial charge in [-0.25, -0.2) is 0 Å². The highest BCUT2D eigenvalue weighted by atomic mass is 15.0. The number of aliphatic imine (C=N–C) groups is 1. The fraction of sp³-hybridized carbons (Fsp3) is 0.900. The molecule has 3 N–H and O–H groups in total. The lowest BCUT2D eigenvalue weighted by Gasteiger charge is -2.27. The van der Waals surface area contributed by atoms with Gasteiger partial charge in [-0.3, -0.25) is 4.99 Å². The van der Waals surface area contributed by atoms with Crippen LogP contribution in [-0.2, 0) is 0 Å². The Morgan fingerprint density at radius 1 is 1.23 bits per heavy atom. The first-order valence-corrected chi connectivity index (χ1v) is 5.40. The molecule has 1 heterocycles. The van der Waals surface area contributed by atoms with Crippen LogP contribution >= 0.6 is 0 Å². The van der Waals surface area contributed by atoms with Crippen LogP contribution in [0, 0.1) is 0 Å². The van der Waals surface area contributed by atoms with Gasteiger partial charge in [0.25, 0.3) is 0 Å². The van der Waals surface area contributed by atoms with Gasteiger partial charge in [0.2, 0.25) is 0 Å². The van der Waals surface area contributed by atoms with Crippen LogP contribution in [-0.4, -0.2) is 24.5 Å². The first-order chi connectivity index (χ1) is 6.34. The molecule has 2 rings (SSSR count). The van der Waals surface area contributed by atoms with Gasteiger partial charge in [-0.05, 0) is 32.1 Å². The molecular formula is C10H19N3. The van der Waals surface area contributed by atoms with E-state index in [9.17, 15) is 0 Å². The molecule has 0 aromatic carbocycles. The van der Waals surface area contributed by atoms with Crippen molar-refractivity contribution in [2.24, 2.45) is 10.7 Å². The predicted molar refractivity (Wildman–Crippen MR) is 54.9 cm³/mol. The normalized spacial score (nSPS) is 34.4. The number of hydrogen-bond donors (Lipinski definition) is 2. The summed E-state index contributed by atoms with van der Waals surface area (Å²) in [5.41, 5.74) is 5.85. The van der Waals surface area contributed by atoms with E-state index in [2.05, 4.69) is 10.3 Å². The Kier molecular flexibility index (Phi) is 2.83. The highest BCUT2D eigenvalue weighted by Crippen LogP contribution is 2.17. The summed E-state index contributed by atoms with van der Waals surface area (Å²) in [6.07, 6.45) is 7.17. The molecule has 3 nitrogen and oxygen atoms in total. The lowest BCUT2D eigenvalue weighted by molar-refractivity contribution is 0.372. The number of nitrogens with zero attached hydrogens (tertiary/aromatic N) is 1. The van der Waals surface area contributed by atoms with E-state index in [0.717, 1.165) is 13.0 Å². The van der Waals surface area contributed by atoms with Gasteiger partial charge in [-0.15, -0.1) is 0 Å². The zero-order valence-corrected chi connectivity index (χ0v) is 8.13. The Morgan fingerprint density at radius 3 is 2.62 bits per heavy atom. The Morgan fingerprint density at radius 2 is 2.00 bits per heavy atom. The molecule has 3 heteroatoms. The smallest absolute Gasteiger partial charge is 0.0965 e. The quantitative estimate of drug-likeness (QED) is 0.635. The van der Waals surface area contributed by atoms with Gasteiger partial charge in [-0.1, -0.05) is 0 Å². The topological polar surface area (TPSA) is 50.4 Å². The lowest BCUT2D eigenvalue weighted by Crippen LogP contribution is -2.39. The van der Waals surface area contributed by atoms with Crippen molar-refractivity contribution in [2.45, 2.75) is 50.6 Å². The molecule has 0 unspecified atom stereocenters. The summed E-state index contributed by atoms with van der Waals surface area (Å²) in [4.78, 5) is 4.42. The number of nitrogens with two attached hydrogens (primary N) is 1. The summed E-state index contributed by atoms with van der Waals surface area (Å²) < 4.78 is 0. The maximum Gasteiger partial charge on any atom is 0.0965 e. The largest absolute Gasteiger partial charge is 0.371 e. The van der Waals surface area contributed by atoms with E-state index in [-0.39, 0.29) is 0 Å².